The van der Waals surface area contributed by atoms with E-state index in [1.807, 2.05) is 12.1 Å². The first-order valence-corrected chi connectivity index (χ1v) is 7.98. The van der Waals surface area contributed by atoms with E-state index in [2.05, 4.69) is 0 Å². The molecule has 0 atom stereocenters. The van der Waals surface area contributed by atoms with Gasteiger partial charge in [0.05, 0.1) is 32.5 Å². The molecular formula is C19H20FNO4. The molecule has 1 aliphatic heterocycles. The highest BCUT2D eigenvalue weighted by Crippen LogP contribution is 2.24. The van der Waals surface area contributed by atoms with E-state index in [1.165, 1.54) is 13.2 Å². The fourth-order valence-corrected chi connectivity index (χ4v) is 2.71. The highest BCUT2D eigenvalue weighted by Gasteiger charge is 2.33. The standard InChI is InChI=1S/C19H20FNO4/c1-23-17-6-4-3-5-15(17)19(22)21-10-14(11-21)25-12-13-7-8-18(24-2)16(20)9-13/h3-9,14H,10-12H2,1-2H3. The lowest BCUT2D eigenvalue weighted by Gasteiger charge is -2.39. The minimum Gasteiger partial charge on any atom is -0.496 e. The normalized spacial score (nSPS) is 14.1. The molecule has 1 saturated heterocycles. The van der Waals surface area contributed by atoms with Crippen LogP contribution in [0.3, 0.4) is 0 Å². The highest BCUT2D eigenvalue weighted by molar-refractivity contribution is 5.97. The second kappa shape index (κ2) is 7.53. The van der Waals surface area contributed by atoms with Gasteiger partial charge in [0.1, 0.15) is 5.75 Å². The van der Waals surface area contributed by atoms with Crippen molar-refractivity contribution in [1.82, 2.24) is 4.90 Å². The summed E-state index contributed by atoms with van der Waals surface area (Å²) in [6.45, 7) is 1.31. The fraction of sp³-hybridized carbons (Fsp3) is 0.316. The molecule has 0 radical (unpaired) electrons. The number of hydrogen-bond acceptors (Lipinski definition) is 4. The molecule has 3 rings (SSSR count). The van der Waals surface area contributed by atoms with E-state index in [9.17, 15) is 9.18 Å². The number of likely N-dealkylation sites (tertiary alicyclic amines) is 1. The molecule has 25 heavy (non-hydrogen) atoms. The largest absolute Gasteiger partial charge is 0.496 e. The molecule has 2 aromatic carbocycles. The third kappa shape index (κ3) is 3.74. The molecule has 5 nitrogen and oxygen atoms in total. The number of ether oxygens (including phenoxy) is 3. The Labute approximate surface area is 145 Å². The van der Waals surface area contributed by atoms with Crippen LogP contribution in [0.2, 0.25) is 0 Å². The molecule has 0 aromatic heterocycles. The summed E-state index contributed by atoms with van der Waals surface area (Å²) in [6.07, 6.45) is -0.0520. The zero-order chi connectivity index (χ0) is 17.8. The molecule has 1 amide bonds. The number of halogens is 1. The monoisotopic (exact) mass is 345 g/mol. The van der Waals surface area contributed by atoms with Crippen LogP contribution in [-0.4, -0.2) is 44.2 Å². The van der Waals surface area contributed by atoms with Crippen LogP contribution in [0.15, 0.2) is 42.5 Å². The SMILES string of the molecule is COc1ccc(COC2CN(C(=O)c3ccccc3OC)C2)cc1F. The first-order chi connectivity index (χ1) is 12.1. The van der Waals surface area contributed by atoms with E-state index < -0.39 is 5.82 Å². The van der Waals surface area contributed by atoms with E-state index in [-0.39, 0.29) is 17.8 Å². The zero-order valence-corrected chi connectivity index (χ0v) is 14.2. The van der Waals surface area contributed by atoms with E-state index in [1.54, 1.807) is 36.3 Å². The minimum atomic E-state index is -0.412. The van der Waals surface area contributed by atoms with E-state index in [0.717, 1.165) is 5.56 Å². The number of hydrogen-bond donors (Lipinski definition) is 0. The summed E-state index contributed by atoms with van der Waals surface area (Å²) in [5.41, 5.74) is 1.27. The van der Waals surface area contributed by atoms with Crippen LogP contribution in [-0.2, 0) is 11.3 Å². The smallest absolute Gasteiger partial charge is 0.257 e. The Bertz CT molecular complexity index is 759. The first kappa shape index (κ1) is 17.2. The average molecular weight is 345 g/mol. The number of amides is 1. The summed E-state index contributed by atoms with van der Waals surface area (Å²) < 4.78 is 29.5. The Balaban J connectivity index is 1.51. The topological polar surface area (TPSA) is 48.0 Å². The van der Waals surface area contributed by atoms with E-state index in [0.29, 0.717) is 31.0 Å². The van der Waals surface area contributed by atoms with Gasteiger partial charge in [-0.05, 0) is 29.8 Å². The van der Waals surface area contributed by atoms with Crippen LogP contribution in [0.1, 0.15) is 15.9 Å². The molecule has 1 heterocycles. The zero-order valence-electron chi connectivity index (χ0n) is 14.2. The molecule has 0 bridgehead atoms. The molecule has 1 fully saturated rings. The van der Waals surface area contributed by atoms with Crippen molar-refractivity contribution in [3.8, 4) is 11.5 Å². The van der Waals surface area contributed by atoms with Crippen LogP contribution in [0, 0.1) is 5.82 Å². The molecular weight excluding hydrogens is 325 g/mol. The van der Waals surface area contributed by atoms with Crippen LogP contribution in [0.5, 0.6) is 11.5 Å². The molecule has 6 heteroatoms. The van der Waals surface area contributed by atoms with Crippen molar-refractivity contribution >= 4 is 5.91 Å². The van der Waals surface area contributed by atoms with Crippen molar-refractivity contribution in [2.75, 3.05) is 27.3 Å². The van der Waals surface area contributed by atoms with Gasteiger partial charge in [-0.25, -0.2) is 4.39 Å². The summed E-state index contributed by atoms with van der Waals surface area (Å²) in [4.78, 5) is 14.2. The van der Waals surface area contributed by atoms with Gasteiger partial charge < -0.3 is 19.1 Å². The minimum absolute atomic E-state index is 0.0520. The van der Waals surface area contributed by atoms with Gasteiger partial charge in [-0.1, -0.05) is 18.2 Å². The average Bonchev–Trinajstić information content (AvgIpc) is 2.60. The third-order valence-corrected chi connectivity index (χ3v) is 4.17. The predicted molar refractivity (Wildman–Crippen MR) is 90.4 cm³/mol. The molecule has 2 aromatic rings. The quantitative estimate of drug-likeness (QED) is 0.808. The number of nitrogens with zero attached hydrogens (tertiary/aromatic N) is 1. The van der Waals surface area contributed by atoms with Gasteiger partial charge in [0.25, 0.3) is 5.91 Å². The lowest BCUT2D eigenvalue weighted by atomic mass is 10.1. The number of benzene rings is 2. The van der Waals surface area contributed by atoms with Gasteiger partial charge in [0.15, 0.2) is 11.6 Å². The highest BCUT2D eigenvalue weighted by atomic mass is 19.1. The van der Waals surface area contributed by atoms with Crippen molar-refractivity contribution in [2.24, 2.45) is 0 Å². The van der Waals surface area contributed by atoms with Crippen LogP contribution >= 0.6 is 0 Å². The number of methoxy groups -OCH3 is 2. The molecule has 0 N–H and O–H groups in total. The van der Waals surface area contributed by atoms with Crippen LogP contribution < -0.4 is 9.47 Å². The number of carbonyl (C=O) groups excluding carboxylic acids is 1. The second-order valence-corrected chi connectivity index (χ2v) is 5.81. The Hall–Kier alpha value is -2.60. The van der Waals surface area contributed by atoms with Gasteiger partial charge >= 0.3 is 0 Å². The summed E-state index contributed by atoms with van der Waals surface area (Å²) >= 11 is 0. The maximum atomic E-state index is 13.7. The maximum absolute atomic E-state index is 13.7. The number of carbonyl (C=O) groups is 1. The molecule has 0 unspecified atom stereocenters. The van der Waals surface area contributed by atoms with Crippen molar-refractivity contribution in [2.45, 2.75) is 12.7 Å². The van der Waals surface area contributed by atoms with Crippen LogP contribution in [0.4, 0.5) is 4.39 Å². The summed E-state index contributed by atoms with van der Waals surface area (Å²) in [6, 6.07) is 11.9. The predicted octanol–water partition coefficient (Wildman–Crippen LogP) is 2.88. The van der Waals surface area contributed by atoms with Crippen molar-refractivity contribution in [3.05, 3.63) is 59.4 Å². The van der Waals surface area contributed by atoms with E-state index >= 15 is 0 Å². The second-order valence-electron chi connectivity index (χ2n) is 5.81. The Morgan fingerprint density at radius 2 is 1.84 bits per heavy atom. The molecule has 0 aliphatic carbocycles. The van der Waals surface area contributed by atoms with Crippen LogP contribution in [0.25, 0.3) is 0 Å². The lowest BCUT2D eigenvalue weighted by Crippen LogP contribution is -2.54. The number of para-hydroxylation sites is 1. The van der Waals surface area contributed by atoms with Gasteiger partial charge in [0, 0.05) is 13.1 Å². The van der Waals surface area contributed by atoms with Gasteiger partial charge in [-0.15, -0.1) is 0 Å². The van der Waals surface area contributed by atoms with Gasteiger partial charge in [0.2, 0.25) is 0 Å². The summed E-state index contributed by atoms with van der Waals surface area (Å²) in [7, 11) is 2.97. The Morgan fingerprint density at radius 1 is 1.12 bits per heavy atom. The van der Waals surface area contributed by atoms with E-state index in [4.69, 9.17) is 14.2 Å². The van der Waals surface area contributed by atoms with Gasteiger partial charge in [-0.3, -0.25) is 4.79 Å². The Kier molecular flexibility index (Phi) is 5.19. The third-order valence-electron chi connectivity index (χ3n) is 4.17. The molecule has 0 saturated carbocycles. The maximum Gasteiger partial charge on any atom is 0.257 e. The Morgan fingerprint density at radius 3 is 2.52 bits per heavy atom. The molecule has 0 spiro atoms. The van der Waals surface area contributed by atoms with Crippen molar-refractivity contribution in [1.29, 1.82) is 0 Å². The molecule has 1 aliphatic rings. The summed E-state index contributed by atoms with van der Waals surface area (Å²) in [5.74, 6) is 0.282. The van der Waals surface area contributed by atoms with Crippen molar-refractivity contribution < 1.29 is 23.4 Å². The first-order valence-electron chi connectivity index (χ1n) is 7.98. The van der Waals surface area contributed by atoms with Gasteiger partial charge in [-0.2, -0.15) is 0 Å². The molecule has 132 valence electrons. The van der Waals surface area contributed by atoms with Crippen molar-refractivity contribution in [3.63, 3.8) is 0 Å². The lowest BCUT2D eigenvalue weighted by molar-refractivity contribution is -0.0504. The fourth-order valence-electron chi connectivity index (χ4n) is 2.71. The number of rotatable bonds is 6. The summed E-state index contributed by atoms with van der Waals surface area (Å²) in [5, 5.41) is 0.